The smallest absolute Gasteiger partial charge is 0.412 e. The molecule has 0 spiro atoms. The zero-order valence-electron chi connectivity index (χ0n) is 20.9. The van der Waals surface area contributed by atoms with Gasteiger partial charge in [-0.15, -0.1) is 22.7 Å². The Morgan fingerprint density at radius 3 is 2.46 bits per heavy atom. The number of amides is 1. The number of carboxylic acid groups (broad SMARTS) is 1. The number of carboxylic acids is 1. The molecule has 1 aromatic carbocycles. The molecule has 7 nitrogen and oxygen atoms in total. The highest BCUT2D eigenvalue weighted by atomic mass is 32.1. The van der Waals surface area contributed by atoms with Crippen molar-refractivity contribution < 1.29 is 23.8 Å². The molecule has 1 saturated carbocycles. The monoisotopic (exact) mass is 579 g/mol. The van der Waals surface area contributed by atoms with Crippen molar-refractivity contribution in [1.82, 2.24) is 9.36 Å². The fourth-order valence-electron chi connectivity index (χ4n) is 4.46. The van der Waals surface area contributed by atoms with E-state index in [2.05, 4.69) is 14.7 Å². The maximum atomic E-state index is 14.9. The number of aliphatic carboxylic acids is 1. The number of halogens is 1. The first-order valence-corrected chi connectivity index (χ1v) is 14.6. The summed E-state index contributed by atoms with van der Waals surface area (Å²) in [5, 5.41) is 12.3. The van der Waals surface area contributed by atoms with E-state index in [0.29, 0.717) is 29.8 Å². The number of hydrogen-bond acceptors (Lipinski definition) is 8. The van der Waals surface area contributed by atoms with Gasteiger partial charge >= 0.3 is 12.1 Å². The number of benzene rings is 1. The fraction of sp³-hybridized carbons (Fsp3) is 0.214. The molecular weight excluding hydrogens is 558 g/mol. The molecule has 2 N–H and O–H groups in total. The van der Waals surface area contributed by atoms with Gasteiger partial charge in [0.25, 0.3) is 0 Å². The summed E-state index contributed by atoms with van der Waals surface area (Å²) in [4.78, 5) is 31.1. The van der Waals surface area contributed by atoms with Gasteiger partial charge < -0.3 is 9.84 Å². The van der Waals surface area contributed by atoms with Crippen molar-refractivity contribution in [2.24, 2.45) is 0 Å². The minimum atomic E-state index is -1.18. The van der Waals surface area contributed by atoms with Gasteiger partial charge in [0, 0.05) is 26.0 Å². The Hall–Kier alpha value is -3.67. The minimum absolute atomic E-state index is 0.0108. The standard InChI is InChI=1S/C28H22FN3O4S3/c1-14-23(31-27(35)36-15(2)16-6-4-3-5-7-16)24(39-32-14)22-12-21-20(38-22)11-19(37-21)17-10-18(29)25(30-13-17)28(8-9-28)26(33)34/h3-7,10-13,15H,8-9H2,1-2H3,(H,31,35)(H,33,34). The molecule has 4 heterocycles. The number of hydrogen-bond donors (Lipinski definition) is 2. The first-order chi connectivity index (χ1) is 18.7. The second-order valence-corrected chi connectivity index (χ2v) is 12.4. The summed E-state index contributed by atoms with van der Waals surface area (Å²) in [7, 11) is 0. The van der Waals surface area contributed by atoms with Crippen LogP contribution in [0.4, 0.5) is 14.9 Å². The summed E-state index contributed by atoms with van der Waals surface area (Å²) >= 11 is 4.36. The van der Waals surface area contributed by atoms with Gasteiger partial charge in [-0.1, -0.05) is 30.3 Å². The zero-order chi connectivity index (χ0) is 27.3. The van der Waals surface area contributed by atoms with E-state index in [4.69, 9.17) is 4.74 Å². The molecular formula is C28H22FN3O4S3. The highest BCUT2D eigenvalue weighted by molar-refractivity contribution is 7.32. The van der Waals surface area contributed by atoms with Crippen LogP contribution in [0.5, 0.6) is 0 Å². The van der Waals surface area contributed by atoms with Crippen molar-refractivity contribution in [1.29, 1.82) is 0 Å². The summed E-state index contributed by atoms with van der Waals surface area (Å²) in [6.45, 7) is 3.66. The molecule has 0 bridgehead atoms. The maximum absolute atomic E-state index is 14.9. The van der Waals surface area contributed by atoms with Gasteiger partial charge in [0.2, 0.25) is 0 Å². The summed E-state index contributed by atoms with van der Waals surface area (Å²) in [6, 6.07) is 14.9. The second kappa shape index (κ2) is 9.82. The first kappa shape index (κ1) is 25.6. The third-order valence-corrected chi connectivity index (χ3v) is 10.3. The van der Waals surface area contributed by atoms with Crippen LogP contribution in [0, 0.1) is 12.7 Å². The van der Waals surface area contributed by atoms with E-state index in [1.165, 1.54) is 28.9 Å². The molecule has 1 amide bonds. The number of ether oxygens (including phenoxy) is 1. The molecule has 0 radical (unpaired) electrons. The summed E-state index contributed by atoms with van der Waals surface area (Å²) < 4.78 is 26.9. The van der Waals surface area contributed by atoms with Gasteiger partial charge in [-0.2, -0.15) is 4.37 Å². The quantitative estimate of drug-likeness (QED) is 0.202. The Bertz CT molecular complexity index is 1690. The molecule has 1 atom stereocenters. The average Bonchev–Trinajstić information content (AvgIpc) is 3.31. The predicted octanol–water partition coefficient (Wildman–Crippen LogP) is 8.02. The molecule has 1 fully saturated rings. The number of nitrogens with one attached hydrogen (secondary N) is 1. The van der Waals surface area contributed by atoms with Gasteiger partial charge in [0.15, 0.2) is 0 Å². The molecule has 198 valence electrons. The van der Waals surface area contributed by atoms with Crippen LogP contribution in [0.25, 0.3) is 29.6 Å². The van der Waals surface area contributed by atoms with Gasteiger partial charge in [-0.3, -0.25) is 15.1 Å². The van der Waals surface area contributed by atoms with E-state index in [0.717, 1.165) is 29.6 Å². The van der Waals surface area contributed by atoms with E-state index in [9.17, 15) is 19.1 Å². The van der Waals surface area contributed by atoms with Crippen LogP contribution in [-0.2, 0) is 14.9 Å². The summed E-state index contributed by atoms with van der Waals surface area (Å²) in [5.41, 5.74) is 1.66. The van der Waals surface area contributed by atoms with Crippen LogP contribution in [-0.4, -0.2) is 26.5 Å². The van der Waals surface area contributed by atoms with Crippen LogP contribution < -0.4 is 5.32 Å². The van der Waals surface area contributed by atoms with Gasteiger partial charge in [0.05, 0.1) is 26.8 Å². The van der Waals surface area contributed by atoms with E-state index in [1.807, 2.05) is 56.3 Å². The third kappa shape index (κ3) is 4.70. The lowest BCUT2D eigenvalue weighted by atomic mass is 10.0. The van der Waals surface area contributed by atoms with Crippen LogP contribution in [0.1, 0.15) is 42.8 Å². The largest absolute Gasteiger partial charge is 0.481 e. The summed E-state index contributed by atoms with van der Waals surface area (Å²) in [5.74, 6) is -1.62. The van der Waals surface area contributed by atoms with Gasteiger partial charge in [0.1, 0.15) is 17.3 Å². The Morgan fingerprint density at radius 1 is 1.10 bits per heavy atom. The fourth-order valence-corrected chi connectivity index (χ4v) is 7.78. The molecule has 6 rings (SSSR count). The molecule has 1 aliphatic rings. The van der Waals surface area contributed by atoms with Crippen LogP contribution in [0.15, 0.2) is 54.7 Å². The molecule has 4 aromatic heterocycles. The molecule has 1 aliphatic carbocycles. The highest BCUT2D eigenvalue weighted by Gasteiger charge is 2.54. The molecule has 39 heavy (non-hydrogen) atoms. The Labute approximate surface area is 235 Å². The number of anilines is 1. The molecule has 0 aliphatic heterocycles. The molecule has 0 saturated heterocycles. The van der Waals surface area contributed by atoms with Crippen molar-refractivity contribution in [2.75, 3.05) is 5.32 Å². The number of aromatic nitrogens is 2. The number of carbonyl (C=O) groups is 2. The lowest BCUT2D eigenvalue weighted by Crippen LogP contribution is -2.22. The Balaban J connectivity index is 1.22. The number of carbonyl (C=O) groups excluding carboxylic acids is 1. The van der Waals surface area contributed by atoms with Crippen LogP contribution in [0.3, 0.4) is 0 Å². The van der Waals surface area contributed by atoms with Gasteiger partial charge in [-0.25, -0.2) is 9.18 Å². The van der Waals surface area contributed by atoms with Crippen molar-refractivity contribution in [2.45, 2.75) is 38.2 Å². The SMILES string of the molecule is Cc1nsc(-c2cc3sc(-c4cnc(C5(C(=O)O)CC5)c(F)c4)cc3s2)c1NC(=O)OC(C)c1ccccc1. The third-order valence-electron chi connectivity index (χ3n) is 6.81. The highest BCUT2D eigenvalue weighted by Crippen LogP contribution is 2.49. The van der Waals surface area contributed by atoms with Crippen molar-refractivity contribution in [3.8, 4) is 20.2 Å². The average molecular weight is 580 g/mol. The van der Waals surface area contributed by atoms with E-state index >= 15 is 0 Å². The van der Waals surface area contributed by atoms with E-state index in [1.54, 1.807) is 17.5 Å². The van der Waals surface area contributed by atoms with Crippen molar-refractivity contribution in [3.05, 3.63) is 77.5 Å². The first-order valence-electron chi connectivity index (χ1n) is 12.2. The van der Waals surface area contributed by atoms with Crippen molar-refractivity contribution in [3.63, 3.8) is 0 Å². The lowest BCUT2D eigenvalue weighted by Gasteiger charge is -2.14. The second-order valence-electron chi connectivity index (χ2n) is 9.45. The number of pyridine rings is 1. The Morgan fingerprint density at radius 2 is 1.79 bits per heavy atom. The lowest BCUT2D eigenvalue weighted by molar-refractivity contribution is -0.140. The van der Waals surface area contributed by atoms with E-state index in [-0.39, 0.29) is 5.69 Å². The van der Waals surface area contributed by atoms with Crippen molar-refractivity contribution >= 4 is 61.4 Å². The van der Waals surface area contributed by atoms with Gasteiger partial charge in [-0.05, 0) is 62.0 Å². The number of thiophene rings is 2. The summed E-state index contributed by atoms with van der Waals surface area (Å²) in [6.07, 6.45) is 1.40. The molecule has 11 heteroatoms. The number of fused-ring (bicyclic) bond motifs is 1. The minimum Gasteiger partial charge on any atom is -0.481 e. The predicted molar refractivity (Wildman–Crippen MR) is 152 cm³/mol. The topological polar surface area (TPSA) is 101 Å². The molecule has 5 aromatic rings. The van der Waals surface area contributed by atoms with Crippen LogP contribution >= 0.6 is 34.2 Å². The zero-order valence-corrected chi connectivity index (χ0v) is 23.3. The maximum Gasteiger partial charge on any atom is 0.412 e. The van der Waals surface area contributed by atoms with E-state index < -0.39 is 29.4 Å². The molecule has 1 unspecified atom stereocenters. The normalized spacial score (nSPS) is 14.7. The number of rotatable bonds is 7. The number of nitrogens with zero attached hydrogens (tertiary/aromatic N) is 2. The Kier molecular flexibility index (Phi) is 6.44. The number of aryl methyl sites for hydroxylation is 1. The van der Waals surface area contributed by atoms with Crippen LogP contribution in [0.2, 0.25) is 0 Å².